The minimum absolute atomic E-state index is 0. The van der Waals surface area contributed by atoms with Gasteiger partial charge in [-0.3, -0.25) is 4.79 Å². The first kappa shape index (κ1) is 36.4. The monoisotopic (exact) mass is 238 g/mol. The van der Waals surface area contributed by atoms with Gasteiger partial charge >= 0.3 is 5.97 Å². The smallest absolute Gasteiger partial charge is 0.302 e. The van der Waals surface area contributed by atoms with E-state index in [1.165, 1.54) is 41.7 Å². The molecule has 0 saturated heterocycles. The van der Waals surface area contributed by atoms with Crippen LogP contribution in [0.1, 0.15) is 56.9 Å². The lowest BCUT2D eigenvalue weighted by Crippen LogP contribution is -1.88. The van der Waals surface area contributed by atoms with Crippen LogP contribution in [0.4, 0.5) is 0 Å². The van der Waals surface area contributed by atoms with Gasteiger partial charge in [-0.25, -0.2) is 0 Å². The maximum absolute atomic E-state index is 9.59. The third-order valence-corrected chi connectivity index (χ3v) is 0.287. The molecule has 0 aromatic heterocycles. The molecule has 0 aliphatic heterocycles. The lowest BCUT2D eigenvalue weighted by atomic mass is 10.6. The molecule has 0 saturated carbocycles. The zero-order valence-electron chi connectivity index (χ0n) is 9.13. The van der Waals surface area contributed by atoms with Crippen molar-refractivity contribution in [3.63, 3.8) is 0 Å². The molecule has 0 bridgehead atoms. The third-order valence-electron chi connectivity index (χ3n) is 0.287. The van der Waals surface area contributed by atoms with Crippen LogP contribution in [0.25, 0.3) is 0 Å². The quantitative estimate of drug-likeness (QED) is 0.608. The van der Waals surface area contributed by atoms with Gasteiger partial charge in [-0.15, -0.1) is 0 Å². The van der Waals surface area contributed by atoms with E-state index in [-0.39, 0.29) is 39.8 Å². The van der Waals surface area contributed by atoms with Crippen molar-refractivity contribution in [2.24, 2.45) is 0 Å². The number of ether oxygens (including phenoxy) is 1. The van der Waals surface area contributed by atoms with Crippen LogP contribution in [-0.4, -0.2) is 24.6 Å². The van der Waals surface area contributed by atoms with E-state index in [0.717, 1.165) is 0 Å². The summed E-state index contributed by atoms with van der Waals surface area (Å²) in [6.07, 6.45) is 0. The molecule has 0 unspecified atom stereocenters. The van der Waals surface area contributed by atoms with Crippen molar-refractivity contribution in [1.29, 1.82) is 0 Å². The molecule has 0 radical (unpaired) electrons. The van der Waals surface area contributed by atoms with Crippen LogP contribution in [-0.2, 0) is 19.1 Å². The van der Waals surface area contributed by atoms with Gasteiger partial charge in [-0.2, -0.15) is 0 Å². The normalized spacial score (nSPS) is 5.38. The molecule has 0 aromatic rings. The highest BCUT2D eigenvalue weighted by molar-refractivity contribution is 5.72. The van der Waals surface area contributed by atoms with E-state index in [9.17, 15) is 14.4 Å². The molecule has 16 heavy (non-hydrogen) atoms. The Hall–Kier alpha value is -1.19. The molecule has 0 amide bonds. The van der Waals surface area contributed by atoms with Crippen molar-refractivity contribution in [2.45, 2.75) is 56.9 Å². The Morgan fingerprint density at radius 3 is 0.750 bits per heavy atom. The maximum Gasteiger partial charge on any atom is 0.302 e. The van der Waals surface area contributed by atoms with Crippen LogP contribution < -0.4 is 0 Å². The molecule has 0 spiro atoms. The van der Waals surface area contributed by atoms with E-state index in [1.54, 1.807) is 0 Å². The summed E-state index contributed by atoms with van der Waals surface area (Å²) in [4.78, 5) is 28.5. The highest BCUT2D eigenvalue weighted by Gasteiger charge is 1.75. The molecule has 0 N–H and O–H groups in total. The number of Topliss-reactive ketones (excluding diaryl/α,β-unsaturated/α-hetero) is 2. The lowest BCUT2D eigenvalue weighted by Gasteiger charge is -1.80. The van der Waals surface area contributed by atoms with Crippen LogP contribution in [0.5, 0.6) is 0 Å². The summed E-state index contributed by atoms with van der Waals surface area (Å²) in [6.45, 7) is 7.47. The highest BCUT2D eigenvalue weighted by Crippen LogP contribution is 1.60. The summed E-state index contributed by atoms with van der Waals surface area (Å²) in [5.74, 6) is 0.0880. The summed E-state index contributed by atoms with van der Waals surface area (Å²) in [6, 6.07) is 0. The molecule has 0 rings (SSSR count). The van der Waals surface area contributed by atoms with Crippen molar-refractivity contribution in [2.75, 3.05) is 7.11 Å². The average Bonchev–Trinajstić information content (AvgIpc) is 1.84. The van der Waals surface area contributed by atoms with Crippen LogP contribution in [0.15, 0.2) is 0 Å². The van der Waals surface area contributed by atoms with Gasteiger partial charge in [0.15, 0.2) is 0 Å². The Labute approximate surface area is 101 Å². The Morgan fingerprint density at radius 2 is 0.750 bits per heavy atom. The molecule has 0 atom stereocenters. The number of rotatable bonds is 0. The van der Waals surface area contributed by atoms with Gasteiger partial charge < -0.3 is 14.3 Å². The Balaban J connectivity index is -0.0000000216. The fraction of sp³-hybridized carbons (Fsp3) is 0.750. The second-order valence-electron chi connectivity index (χ2n) is 2.51. The first-order chi connectivity index (χ1) is 5.73. The van der Waals surface area contributed by atoms with Gasteiger partial charge in [0.1, 0.15) is 11.6 Å². The predicted molar refractivity (Wildman–Crippen MR) is 70.6 cm³/mol. The van der Waals surface area contributed by atoms with E-state index in [1.807, 2.05) is 0 Å². The largest absolute Gasteiger partial charge is 0.469 e. The van der Waals surface area contributed by atoms with Gasteiger partial charge in [0, 0.05) is 6.92 Å². The standard InChI is InChI=1S/C3H6O2.2C3H6O.3CH4/c1-3(4)5-2;2*1-3(2)4;;;/h1-2H3;2*1-2H3;3*1H4. The van der Waals surface area contributed by atoms with Crippen molar-refractivity contribution in [3.05, 3.63) is 0 Å². The van der Waals surface area contributed by atoms with E-state index in [4.69, 9.17) is 0 Å². The van der Waals surface area contributed by atoms with Crippen molar-refractivity contribution < 1.29 is 19.1 Å². The molecular weight excluding hydrogens is 208 g/mol. The predicted octanol–water partition coefficient (Wildman–Crippen LogP) is 3.28. The molecule has 102 valence electrons. The number of carbonyl (C=O) groups is 3. The molecule has 0 aliphatic carbocycles. The Kier molecular flexibility index (Phi) is 66.4. The van der Waals surface area contributed by atoms with E-state index < -0.39 is 0 Å². The zero-order chi connectivity index (χ0) is 11.4. The van der Waals surface area contributed by atoms with Crippen molar-refractivity contribution in [1.82, 2.24) is 0 Å². The molecule has 0 aromatic carbocycles. The Bertz CT molecular complexity index is 142. The average molecular weight is 238 g/mol. The van der Waals surface area contributed by atoms with Crippen LogP contribution in [0, 0.1) is 0 Å². The second-order valence-corrected chi connectivity index (χ2v) is 2.51. The molecule has 0 heterocycles. The van der Waals surface area contributed by atoms with Crippen molar-refractivity contribution >= 4 is 17.5 Å². The minimum Gasteiger partial charge on any atom is -0.469 e. The number of carbonyl (C=O) groups excluding carboxylic acids is 3. The van der Waals surface area contributed by atoms with Crippen molar-refractivity contribution in [3.8, 4) is 0 Å². The fourth-order valence-electron chi connectivity index (χ4n) is 0. The first-order valence-corrected chi connectivity index (χ1v) is 3.72. The van der Waals surface area contributed by atoms with Gasteiger partial charge in [0.2, 0.25) is 0 Å². The van der Waals surface area contributed by atoms with Crippen LogP contribution in [0.3, 0.4) is 0 Å². The number of hydrogen-bond acceptors (Lipinski definition) is 4. The summed E-state index contributed by atoms with van der Waals surface area (Å²) >= 11 is 0. The molecule has 0 aliphatic rings. The SMILES string of the molecule is C.C.C.CC(C)=O.CC(C)=O.COC(C)=O. The Morgan fingerprint density at radius 1 is 0.688 bits per heavy atom. The first-order valence-electron chi connectivity index (χ1n) is 3.72. The van der Waals surface area contributed by atoms with E-state index >= 15 is 0 Å². The van der Waals surface area contributed by atoms with Gasteiger partial charge in [-0.1, -0.05) is 22.3 Å². The molecule has 4 heteroatoms. The van der Waals surface area contributed by atoms with Gasteiger partial charge in [0.25, 0.3) is 0 Å². The van der Waals surface area contributed by atoms with Gasteiger partial charge in [0.05, 0.1) is 7.11 Å². The topological polar surface area (TPSA) is 60.4 Å². The summed E-state index contributed by atoms with van der Waals surface area (Å²) in [5, 5.41) is 0. The maximum atomic E-state index is 9.59. The van der Waals surface area contributed by atoms with E-state index in [0.29, 0.717) is 0 Å². The second kappa shape index (κ2) is 29.2. The van der Waals surface area contributed by atoms with Crippen LogP contribution >= 0.6 is 0 Å². The highest BCUT2D eigenvalue weighted by atomic mass is 16.5. The lowest BCUT2D eigenvalue weighted by molar-refractivity contribution is -0.138. The summed E-state index contributed by atoms with van der Waals surface area (Å²) in [5.41, 5.74) is 0. The number of methoxy groups -OCH3 is 1. The zero-order valence-corrected chi connectivity index (χ0v) is 9.13. The van der Waals surface area contributed by atoms with E-state index in [2.05, 4.69) is 4.74 Å². The third kappa shape index (κ3) is 2720. The van der Waals surface area contributed by atoms with Gasteiger partial charge in [-0.05, 0) is 27.7 Å². The number of hydrogen-bond donors (Lipinski definition) is 0. The number of ketones is 2. The summed E-state index contributed by atoms with van der Waals surface area (Å²) < 4.78 is 4.11. The minimum atomic E-state index is -0.245. The summed E-state index contributed by atoms with van der Waals surface area (Å²) in [7, 11) is 1.35. The molecular formula is C12H30O4. The fourth-order valence-corrected chi connectivity index (χ4v) is 0. The number of esters is 1. The molecule has 4 nitrogen and oxygen atoms in total. The van der Waals surface area contributed by atoms with Crippen LogP contribution in [0.2, 0.25) is 0 Å². The molecule has 0 fully saturated rings.